The number of aliphatic hydroxyl groups is 1. The topological polar surface area (TPSA) is 77.2 Å². The summed E-state index contributed by atoms with van der Waals surface area (Å²) in [6.45, 7) is 4.32. The molecule has 0 radical (unpaired) electrons. The second-order valence-electron chi connectivity index (χ2n) is 7.20. The van der Waals surface area contributed by atoms with Gasteiger partial charge in [0.2, 0.25) is 11.2 Å². The first-order valence-corrected chi connectivity index (χ1v) is 9.51. The zero-order valence-corrected chi connectivity index (χ0v) is 15.7. The minimum Gasteiger partial charge on any atom is -0.502 e. The monoisotopic (exact) mass is 380 g/mol. The Hall–Kier alpha value is -2.67. The Morgan fingerprint density at radius 2 is 1.61 bits per heavy atom. The molecule has 6 nitrogen and oxygen atoms in total. The van der Waals surface area contributed by atoms with Gasteiger partial charge in [0.25, 0.3) is 0 Å². The van der Waals surface area contributed by atoms with Gasteiger partial charge in [-0.25, -0.2) is 0 Å². The van der Waals surface area contributed by atoms with Gasteiger partial charge in [0.15, 0.2) is 5.76 Å². The summed E-state index contributed by atoms with van der Waals surface area (Å²) >= 11 is 0. The molecule has 0 amide bonds. The first-order chi connectivity index (χ1) is 13.6. The van der Waals surface area contributed by atoms with Crippen molar-refractivity contribution in [3.8, 4) is 5.75 Å². The SMILES string of the molecule is O=c1cc(CO)oc(CN2CCN(Cc3cccc4ccccc34)CC2)c1O. The number of aliphatic hydroxyl groups excluding tert-OH is 1. The summed E-state index contributed by atoms with van der Waals surface area (Å²) in [6.07, 6.45) is 0. The minimum absolute atomic E-state index is 0.174. The fourth-order valence-corrected chi connectivity index (χ4v) is 3.75. The zero-order chi connectivity index (χ0) is 19.5. The van der Waals surface area contributed by atoms with Gasteiger partial charge >= 0.3 is 0 Å². The van der Waals surface area contributed by atoms with Gasteiger partial charge in [0.1, 0.15) is 12.4 Å². The van der Waals surface area contributed by atoms with E-state index in [1.807, 2.05) is 0 Å². The van der Waals surface area contributed by atoms with E-state index in [0.29, 0.717) is 6.54 Å². The maximum absolute atomic E-state index is 11.8. The predicted molar refractivity (Wildman–Crippen MR) is 107 cm³/mol. The highest BCUT2D eigenvalue weighted by Gasteiger charge is 2.21. The fraction of sp³-hybridized carbons (Fsp3) is 0.318. The van der Waals surface area contributed by atoms with Gasteiger partial charge in [-0.2, -0.15) is 0 Å². The lowest BCUT2D eigenvalue weighted by molar-refractivity contribution is 0.112. The molecule has 0 atom stereocenters. The molecule has 3 aromatic rings. The average Bonchev–Trinajstić information content (AvgIpc) is 2.73. The molecule has 0 unspecified atom stereocenters. The number of rotatable bonds is 5. The number of hydrogen-bond donors (Lipinski definition) is 2. The van der Waals surface area contributed by atoms with Gasteiger partial charge in [0.05, 0.1) is 6.54 Å². The molecular weight excluding hydrogens is 356 g/mol. The van der Waals surface area contributed by atoms with Crippen molar-refractivity contribution in [2.75, 3.05) is 26.2 Å². The van der Waals surface area contributed by atoms with Gasteiger partial charge in [-0.3, -0.25) is 14.6 Å². The van der Waals surface area contributed by atoms with Crippen LogP contribution in [0.15, 0.2) is 57.7 Å². The lowest BCUT2D eigenvalue weighted by Gasteiger charge is -2.34. The van der Waals surface area contributed by atoms with Crippen molar-refractivity contribution in [2.45, 2.75) is 19.7 Å². The van der Waals surface area contributed by atoms with Crippen LogP contribution < -0.4 is 5.43 Å². The summed E-state index contributed by atoms with van der Waals surface area (Å²) in [7, 11) is 0. The normalized spacial score (nSPS) is 15.9. The van der Waals surface area contributed by atoms with Gasteiger partial charge in [0, 0.05) is 38.8 Å². The highest BCUT2D eigenvalue weighted by Crippen LogP contribution is 2.21. The number of nitrogens with zero attached hydrogens (tertiary/aromatic N) is 2. The quantitative estimate of drug-likeness (QED) is 0.707. The standard InChI is InChI=1S/C22H24N2O4/c25-15-18-12-20(26)22(27)21(28-18)14-24-10-8-23(9-11-24)13-17-6-3-5-16-4-1-2-7-19(16)17/h1-7,12,25,27H,8-11,13-15H2. The first kappa shape index (κ1) is 18.7. The Morgan fingerprint density at radius 1 is 0.929 bits per heavy atom. The van der Waals surface area contributed by atoms with E-state index in [1.54, 1.807) is 0 Å². The van der Waals surface area contributed by atoms with Crippen molar-refractivity contribution in [1.29, 1.82) is 0 Å². The molecule has 1 aliphatic rings. The van der Waals surface area contributed by atoms with Crippen molar-refractivity contribution in [2.24, 2.45) is 0 Å². The summed E-state index contributed by atoms with van der Waals surface area (Å²) in [5.41, 5.74) is 0.811. The fourth-order valence-electron chi connectivity index (χ4n) is 3.75. The van der Waals surface area contributed by atoms with Crippen LogP contribution in [0.3, 0.4) is 0 Å². The van der Waals surface area contributed by atoms with Crippen LogP contribution in [0.4, 0.5) is 0 Å². The van der Waals surface area contributed by atoms with E-state index in [4.69, 9.17) is 4.42 Å². The van der Waals surface area contributed by atoms with Crippen LogP contribution in [0.2, 0.25) is 0 Å². The lowest BCUT2D eigenvalue weighted by Crippen LogP contribution is -2.45. The Labute approximate surface area is 163 Å². The van der Waals surface area contributed by atoms with E-state index >= 15 is 0 Å². The van der Waals surface area contributed by atoms with Crippen LogP contribution in [0.1, 0.15) is 17.1 Å². The van der Waals surface area contributed by atoms with Crippen molar-refractivity contribution >= 4 is 10.8 Å². The summed E-state index contributed by atoms with van der Waals surface area (Å²) in [5.74, 6) is 0.0295. The van der Waals surface area contributed by atoms with E-state index < -0.39 is 5.43 Å². The largest absolute Gasteiger partial charge is 0.502 e. The van der Waals surface area contributed by atoms with E-state index in [-0.39, 0.29) is 23.9 Å². The number of piperazine rings is 1. The summed E-state index contributed by atoms with van der Waals surface area (Å²) in [6, 6.07) is 16.0. The van der Waals surface area contributed by atoms with Crippen LogP contribution in [0.25, 0.3) is 10.8 Å². The molecule has 146 valence electrons. The van der Waals surface area contributed by atoms with Crippen LogP contribution >= 0.6 is 0 Å². The van der Waals surface area contributed by atoms with Crippen LogP contribution in [-0.2, 0) is 19.7 Å². The van der Waals surface area contributed by atoms with Gasteiger partial charge < -0.3 is 14.6 Å². The highest BCUT2D eigenvalue weighted by atomic mass is 16.4. The molecular formula is C22H24N2O4. The maximum atomic E-state index is 11.8. The van der Waals surface area contributed by atoms with Crippen molar-refractivity contribution in [3.63, 3.8) is 0 Å². The molecule has 0 bridgehead atoms. The molecule has 2 heterocycles. The van der Waals surface area contributed by atoms with Crippen molar-refractivity contribution < 1.29 is 14.6 Å². The molecule has 0 saturated carbocycles. The molecule has 1 saturated heterocycles. The smallest absolute Gasteiger partial charge is 0.227 e. The molecule has 2 N–H and O–H groups in total. The second-order valence-corrected chi connectivity index (χ2v) is 7.20. The van der Waals surface area contributed by atoms with Crippen LogP contribution in [-0.4, -0.2) is 46.2 Å². The predicted octanol–water partition coefficient (Wildman–Crippen LogP) is 2.31. The summed E-state index contributed by atoms with van der Waals surface area (Å²) < 4.78 is 5.46. The Kier molecular flexibility index (Phi) is 5.43. The van der Waals surface area contributed by atoms with Crippen LogP contribution in [0, 0.1) is 0 Å². The molecule has 1 fully saturated rings. The van der Waals surface area contributed by atoms with Crippen LogP contribution in [0.5, 0.6) is 5.75 Å². The first-order valence-electron chi connectivity index (χ1n) is 9.51. The van der Waals surface area contributed by atoms with Gasteiger partial charge in [-0.1, -0.05) is 42.5 Å². The Morgan fingerprint density at radius 3 is 2.36 bits per heavy atom. The molecule has 1 aliphatic heterocycles. The molecule has 28 heavy (non-hydrogen) atoms. The van der Waals surface area contributed by atoms with Gasteiger partial charge in [-0.05, 0) is 16.3 Å². The zero-order valence-electron chi connectivity index (χ0n) is 15.7. The molecule has 6 heteroatoms. The minimum atomic E-state index is -0.514. The number of benzene rings is 2. The van der Waals surface area contributed by atoms with E-state index in [9.17, 15) is 15.0 Å². The maximum Gasteiger partial charge on any atom is 0.227 e. The third kappa shape index (κ3) is 3.94. The number of aromatic hydroxyl groups is 1. The second kappa shape index (κ2) is 8.14. The van der Waals surface area contributed by atoms with E-state index in [0.717, 1.165) is 38.8 Å². The third-order valence-electron chi connectivity index (χ3n) is 5.31. The van der Waals surface area contributed by atoms with Gasteiger partial charge in [-0.15, -0.1) is 0 Å². The van der Waals surface area contributed by atoms with E-state index in [1.165, 1.54) is 16.3 Å². The number of fused-ring (bicyclic) bond motifs is 1. The number of hydrogen-bond acceptors (Lipinski definition) is 6. The third-order valence-corrected chi connectivity index (χ3v) is 5.31. The van der Waals surface area contributed by atoms with Crippen molar-refractivity contribution in [1.82, 2.24) is 9.80 Å². The summed E-state index contributed by atoms with van der Waals surface area (Å²) in [4.78, 5) is 16.3. The highest BCUT2D eigenvalue weighted by molar-refractivity contribution is 5.85. The molecule has 2 aromatic carbocycles. The summed E-state index contributed by atoms with van der Waals surface area (Å²) in [5, 5.41) is 21.7. The Balaban J connectivity index is 1.40. The van der Waals surface area contributed by atoms with Crippen molar-refractivity contribution in [3.05, 3.63) is 75.8 Å². The lowest BCUT2D eigenvalue weighted by atomic mass is 10.0. The molecule has 0 spiro atoms. The molecule has 4 rings (SSSR count). The molecule has 0 aliphatic carbocycles. The Bertz CT molecular complexity index is 1020. The average molecular weight is 380 g/mol. The molecule has 1 aromatic heterocycles. The van der Waals surface area contributed by atoms with E-state index in [2.05, 4.69) is 52.3 Å².